The summed E-state index contributed by atoms with van der Waals surface area (Å²) in [6.45, 7) is 0. The van der Waals surface area contributed by atoms with Gasteiger partial charge in [0, 0.05) is 4.90 Å². The molecule has 1 rings (SSSR count). The van der Waals surface area contributed by atoms with Gasteiger partial charge in [-0.2, -0.15) is 8.42 Å². The monoisotopic (exact) mass is 189 g/mol. The highest BCUT2D eigenvalue weighted by Gasteiger charge is 2.07. The largest absolute Gasteiger partial charge is 0.294 e. The average Bonchev–Trinajstić information content (AvgIpc) is 1.86. The molecule has 1 aromatic carbocycles. The predicted octanol–water partition coefficient (Wildman–Crippen LogP) is 1.49. The Kier molecular flexibility index (Phi) is 2.12. The van der Waals surface area contributed by atoms with Crippen LogP contribution in [0.15, 0.2) is 34.1 Å². The van der Waals surface area contributed by atoms with Gasteiger partial charge in [0.1, 0.15) is 0 Å². The highest BCUT2D eigenvalue weighted by molar-refractivity contribution is 7.86. The van der Waals surface area contributed by atoms with Crippen LogP contribution in [0.2, 0.25) is 0 Å². The number of hydrogen-bond acceptors (Lipinski definition) is 2. The van der Waals surface area contributed by atoms with Gasteiger partial charge >= 0.3 is 0 Å². The summed E-state index contributed by atoms with van der Waals surface area (Å²) in [5.41, 5.74) is 0. The fourth-order valence-corrected chi connectivity index (χ4v) is 1.44. The van der Waals surface area contributed by atoms with Crippen LogP contribution >= 0.6 is 12.6 Å². The van der Waals surface area contributed by atoms with Gasteiger partial charge in [0.15, 0.2) is 0 Å². The molecule has 0 atom stereocenters. The van der Waals surface area contributed by atoms with E-state index in [0.717, 1.165) is 0 Å². The van der Waals surface area contributed by atoms with Gasteiger partial charge in [-0.25, -0.2) is 0 Å². The van der Waals surface area contributed by atoms with Crippen LogP contribution in [0.1, 0.15) is 0 Å². The molecule has 1 aromatic rings. The molecule has 0 unspecified atom stereocenters. The summed E-state index contributed by atoms with van der Waals surface area (Å²) in [4.78, 5) is 0.227. The minimum Gasteiger partial charge on any atom is -0.282 e. The van der Waals surface area contributed by atoms with Gasteiger partial charge in [-0.1, -0.05) is 18.7 Å². The lowest BCUT2D eigenvalue weighted by atomic mass is 10.4. The third-order valence-corrected chi connectivity index (χ3v) is 2.21. The Labute approximate surface area is 70.2 Å². The van der Waals surface area contributed by atoms with Crippen LogP contribution in [-0.2, 0) is 10.1 Å². The van der Waals surface area contributed by atoms with Gasteiger partial charge in [0.25, 0.3) is 10.1 Å². The summed E-state index contributed by atoms with van der Waals surface area (Å²) in [7, 11) is -4.09. The number of rotatable bonds is 1. The molecule has 0 aromatic heterocycles. The van der Waals surface area contributed by atoms with Gasteiger partial charge in [0.05, 0.1) is 4.90 Å². The van der Waals surface area contributed by atoms with Gasteiger partial charge in [-0.3, -0.25) is 4.55 Å². The minimum absolute atomic E-state index is 0.162. The van der Waals surface area contributed by atoms with Crippen LogP contribution in [0.25, 0.3) is 0 Å². The third kappa shape index (κ3) is 2.14. The second-order valence-electron chi connectivity index (χ2n) is 1.95. The van der Waals surface area contributed by atoms with Crippen molar-refractivity contribution in [3.05, 3.63) is 24.3 Å². The lowest BCUT2D eigenvalue weighted by Gasteiger charge is -1.95. The molecule has 5 heteroatoms. The van der Waals surface area contributed by atoms with Crippen LogP contribution in [0.5, 0.6) is 0 Å². The molecular formula is C6H5O3S2. The summed E-state index contributed by atoms with van der Waals surface area (Å²) in [6, 6.07) is 5.56. The smallest absolute Gasteiger partial charge is 0.282 e. The molecule has 0 aliphatic rings. The SMILES string of the molecule is O=S(=O)(O)c1cccc([S])c1. The maximum atomic E-state index is 10.5. The molecule has 0 amide bonds. The molecule has 0 aliphatic heterocycles. The first-order valence-electron chi connectivity index (χ1n) is 2.75. The van der Waals surface area contributed by atoms with E-state index < -0.39 is 10.1 Å². The summed E-state index contributed by atoms with van der Waals surface area (Å²) in [5.74, 6) is 0. The Balaban J connectivity index is 3.28. The molecule has 11 heavy (non-hydrogen) atoms. The van der Waals surface area contributed by atoms with E-state index in [1.165, 1.54) is 18.2 Å². The maximum absolute atomic E-state index is 10.5. The number of benzene rings is 1. The van der Waals surface area contributed by atoms with Crippen molar-refractivity contribution < 1.29 is 13.0 Å². The molecule has 0 saturated carbocycles. The second kappa shape index (κ2) is 2.77. The fraction of sp³-hybridized carbons (Fsp3) is 0. The van der Waals surface area contributed by atoms with E-state index in [1.54, 1.807) is 6.07 Å². The molecule has 0 bridgehead atoms. The molecule has 1 N–H and O–H groups in total. The van der Waals surface area contributed by atoms with Gasteiger partial charge < -0.3 is 0 Å². The highest BCUT2D eigenvalue weighted by Crippen LogP contribution is 2.12. The lowest BCUT2D eigenvalue weighted by molar-refractivity contribution is 0.483. The van der Waals surface area contributed by atoms with Crippen molar-refractivity contribution in [2.45, 2.75) is 9.79 Å². The van der Waals surface area contributed by atoms with Crippen LogP contribution in [0, 0.1) is 0 Å². The van der Waals surface area contributed by atoms with Crippen molar-refractivity contribution in [3.8, 4) is 0 Å². The van der Waals surface area contributed by atoms with Crippen LogP contribution in [0.3, 0.4) is 0 Å². The predicted molar refractivity (Wildman–Crippen MR) is 42.1 cm³/mol. The van der Waals surface area contributed by atoms with E-state index in [4.69, 9.17) is 17.2 Å². The van der Waals surface area contributed by atoms with Gasteiger partial charge in [-0.15, -0.1) is 0 Å². The Hall–Kier alpha value is -0.650. The summed E-state index contributed by atoms with van der Waals surface area (Å²) in [5, 5.41) is 0. The first-order chi connectivity index (χ1) is 5.00. The van der Waals surface area contributed by atoms with Crippen molar-refractivity contribution in [3.63, 3.8) is 0 Å². The highest BCUT2D eigenvalue weighted by atomic mass is 32.2. The Morgan fingerprint density at radius 1 is 1.36 bits per heavy atom. The average molecular weight is 189 g/mol. The van der Waals surface area contributed by atoms with Crippen LogP contribution in [0.4, 0.5) is 0 Å². The molecule has 0 fully saturated rings. The van der Waals surface area contributed by atoms with E-state index in [1.807, 2.05) is 0 Å². The first kappa shape index (κ1) is 8.45. The molecule has 0 heterocycles. The lowest BCUT2D eigenvalue weighted by Crippen LogP contribution is -1.96. The zero-order valence-electron chi connectivity index (χ0n) is 5.39. The normalized spacial score (nSPS) is 11.4. The molecule has 3 nitrogen and oxygen atoms in total. The molecule has 1 radical (unpaired) electrons. The van der Waals surface area contributed by atoms with E-state index in [2.05, 4.69) is 0 Å². The summed E-state index contributed by atoms with van der Waals surface area (Å²) >= 11 is 4.69. The van der Waals surface area contributed by atoms with E-state index in [0.29, 0.717) is 4.90 Å². The van der Waals surface area contributed by atoms with Crippen LogP contribution in [-0.4, -0.2) is 13.0 Å². The van der Waals surface area contributed by atoms with Crippen molar-refractivity contribution in [2.24, 2.45) is 0 Å². The van der Waals surface area contributed by atoms with Gasteiger partial charge in [0.2, 0.25) is 0 Å². The molecule has 0 spiro atoms. The van der Waals surface area contributed by atoms with Crippen LogP contribution < -0.4 is 0 Å². The Morgan fingerprint density at radius 2 is 2.00 bits per heavy atom. The molecule has 0 aliphatic carbocycles. The van der Waals surface area contributed by atoms with E-state index >= 15 is 0 Å². The minimum atomic E-state index is -4.09. The van der Waals surface area contributed by atoms with Crippen molar-refractivity contribution in [1.29, 1.82) is 0 Å². The molecule has 59 valence electrons. The van der Waals surface area contributed by atoms with Crippen molar-refractivity contribution in [1.82, 2.24) is 0 Å². The van der Waals surface area contributed by atoms with Gasteiger partial charge in [-0.05, 0) is 18.2 Å². The quantitative estimate of drug-likeness (QED) is 0.681. The third-order valence-electron chi connectivity index (χ3n) is 1.10. The van der Waals surface area contributed by atoms with Crippen molar-refractivity contribution in [2.75, 3.05) is 0 Å². The topological polar surface area (TPSA) is 54.4 Å². The Bertz CT molecular complexity index is 356. The number of hydrogen-bond donors (Lipinski definition) is 1. The molecular weight excluding hydrogens is 184 g/mol. The van der Waals surface area contributed by atoms with Crippen molar-refractivity contribution >= 4 is 22.7 Å². The standard InChI is InChI=1S/C6H5O3S2/c7-11(8,9)6-3-1-2-5(10)4-6/h1-4H,(H,7,8,9). The molecule has 0 saturated heterocycles. The Morgan fingerprint density at radius 3 is 2.36 bits per heavy atom. The maximum Gasteiger partial charge on any atom is 0.294 e. The second-order valence-corrected chi connectivity index (χ2v) is 3.84. The fourth-order valence-electron chi connectivity index (χ4n) is 0.635. The van der Waals surface area contributed by atoms with E-state index in [9.17, 15) is 8.42 Å². The zero-order chi connectivity index (χ0) is 8.48. The summed E-state index contributed by atoms with van der Waals surface area (Å²) < 4.78 is 29.5. The first-order valence-corrected chi connectivity index (χ1v) is 4.59. The van der Waals surface area contributed by atoms with E-state index in [-0.39, 0.29) is 4.90 Å². The zero-order valence-corrected chi connectivity index (χ0v) is 7.02. The summed E-state index contributed by atoms with van der Waals surface area (Å²) in [6.07, 6.45) is 0.